The Bertz CT molecular complexity index is 1240. The number of anilines is 1. The third-order valence-electron chi connectivity index (χ3n) is 5.18. The average Bonchev–Trinajstić information content (AvgIpc) is 2.76. The molecule has 3 rings (SSSR count). The van der Waals surface area contributed by atoms with Gasteiger partial charge in [0.15, 0.2) is 0 Å². The quantitative estimate of drug-likeness (QED) is 0.240. The summed E-state index contributed by atoms with van der Waals surface area (Å²) in [6.07, 6.45) is 6.27. The third kappa shape index (κ3) is 7.45. The van der Waals surface area contributed by atoms with Crippen molar-refractivity contribution in [1.29, 1.82) is 0 Å². The van der Waals surface area contributed by atoms with Gasteiger partial charge < -0.3 is 10.1 Å². The number of rotatable bonds is 7. The maximum atomic E-state index is 12.9. The fraction of sp³-hybridized carbons (Fsp3) is 0.267. The summed E-state index contributed by atoms with van der Waals surface area (Å²) in [4.78, 5) is 25.0. The Balaban J connectivity index is 1.80. The molecule has 0 aliphatic heterocycles. The molecule has 4 nitrogen and oxygen atoms in total. The van der Waals surface area contributed by atoms with Gasteiger partial charge in [-0.15, -0.1) is 0 Å². The van der Waals surface area contributed by atoms with E-state index < -0.39 is 5.60 Å². The van der Waals surface area contributed by atoms with Gasteiger partial charge in [0.2, 0.25) is 5.91 Å². The summed E-state index contributed by atoms with van der Waals surface area (Å²) in [5, 5.41) is 5.30. The van der Waals surface area contributed by atoms with Crippen LogP contribution in [-0.2, 0) is 27.2 Å². The fourth-order valence-electron chi connectivity index (χ4n) is 3.64. The van der Waals surface area contributed by atoms with E-state index in [1.54, 1.807) is 6.08 Å². The highest BCUT2D eigenvalue weighted by Crippen LogP contribution is 2.23. The molecule has 1 N–H and O–H groups in total. The topological polar surface area (TPSA) is 55.4 Å². The summed E-state index contributed by atoms with van der Waals surface area (Å²) < 4.78 is 5.34. The maximum absolute atomic E-state index is 12.9. The van der Waals surface area contributed by atoms with Crippen LogP contribution in [0.25, 0.3) is 16.8 Å². The first kappa shape index (κ1) is 25.0. The van der Waals surface area contributed by atoms with Gasteiger partial charge in [0.25, 0.3) is 0 Å². The van der Waals surface area contributed by atoms with Crippen molar-refractivity contribution in [2.24, 2.45) is 0 Å². The number of fused-ring (bicyclic) bond motifs is 1. The van der Waals surface area contributed by atoms with Gasteiger partial charge >= 0.3 is 5.97 Å². The van der Waals surface area contributed by atoms with Crippen molar-refractivity contribution < 1.29 is 14.3 Å². The monoisotopic (exact) mass is 455 g/mol. The first-order chi connectivity index (χ1) is 16.1. The highest BCUT2D eigenvalue weighted by Gasteiger charge is 2.14. The summed E-state index contributed by atoms with van der Waals surface area (Å²) >= 11 is 0. The van der Waals surface area contributed by atoms with Crippen molar-refractivity contribution in [2.75, 3.05) is 5.32 Å². The van der Waals surface area contributed by atoms with Crippen molar-refractivity contribution in [1.82, 2.24) is 0 Å². The first-order valence-corrected chi connectivity index (χ1v) is 11.5. The number of nitrogens with one attached hydrogen (secondary N) is 1. The molecule has 3 aromatic rings. The number of carbonyl (C=O) groups is 2. The Morgan fingerprint density at radius 3 is 2.41 bits per heavy atom. The van der Waals surface area contributed by atoms with Gasteiger partial charge in [-0.3, -0.25) is 4.79 Å². The number of hydrogen-bond donors (Lipinski definition) is 1. The average molecular weight is 456 g/mol. The minimum Gasteiger partial charge on any atom is -0.457 e. The van der Waals surface area contributed by atoms with E-state index in [2.05, 4.69) is 23.5 Å². The van der Waals surface area contributed by atoms with Gasteiger partial charge in [0, 0.05) is 11.8 Å². The smallest absolute Gasteiger partial charge is 0.331 e. The van der Waals surface area contributed by atoms with Crippen molar-refractivity contribution in [3.63, 3.8) is 0 Å². The largest absolute Gasteiger partial charge is 0.457 e. The second kappa shape index (κ2) is 11.0. The molecule has 0 aromatic heterocycles. The van der Waals surface area contributed by atoms with Crippen LogP contribution in [0.15, 0.2) is 78.4 Å². The molecule has 34 heavy (non-hydrogen) atoms. The lowest BCUT2D eigenvalue weighted by molar-refractivity contribution is -0.148. The molecule has 0 saturated carbocycles. The van der Waals surface area contributed by atoms with Gasteiger partial charge in [-0.25, -0.2) is 4.79 Å². The summed E-state index contributed by atoms with van der Waals surface area (Å²) in [6, 6.07) is 19.9. The van der Waals surface area contributed by atoms with Crippen molar-refractivity contribution in [3.8, 4) is 0 Å². The van der Waals surface area contributed by atoms with Crippen LogP contribution in [0.2, 0.25) is 0 Å². The van der Waals surface area contributed by atoms with Crippen molar-refractivity contribution in [3.05, 3.63) is 95.1 Å². The zero-order valence-electron chi connectivity index (χ0n) is 20.6. The Hall–Kier alpha value is -3.66. The van der Waals surface area contributed by atoms with Gasteiger partial charge in [-0.1, -0.05) is 60.2 Å². The number of allylic oxidation sites excluding steroid dienone is 2. The molecule has 0 heterocycles. The zero-order chi connectivity index (χ0) is 24.7. The molecule has 0 unspecified atom stereocenters. The predicted octanol–water partition coefficient (Wildman–Crippen LogP) is 6.88. The van der Waals surface area contributed by atoms with E-state index >= 15 is 0 Å². The Labute approximate surface area is 202 Å². The highest BCUT2D eigenvalue weighted by molar-refractivity contribution is 5.97. The van der Waals surface area contributed by atoms with Crippen LogP contribution in [0.1, 0.15) is 51.3 Å². The first-order valence-electron chi connectivity index (χ1n) is 11.5. The molecule has 0 aliphatic rings. The number of amides is 1. The second-order valence-electron chi connectivity index (χ2n) is 9.63. The molecule has 0 spiro atoms. The SMILES string of the molecule is CC(C)=CCc1cc(/C=C/C(=O)OC(C)(C)C)ccc1NC(=O)Cc1cccc2ccccc12. The zero-order valence-corrected chi connectivity index (χ0v) is 20.6. The van der Waals surface area contributed by atoms with Crippen molar-refractivity contribution in [2.45, 2.75) is 53.1 Å². The van der Waals surface area contributed by atoms with E-state index in [1.165, 1.54) is 11.6 Å². The van der Waals surface area contributed by atoms with Gasteiger partial charge in [-0.2, -0.15) is 0 Å². The van der Waals surface area contributed by atoms with Crippen LogP contribution < -0.4 is 5.32 Å². The lowest BCUT2D eigenvalue weighted by Gasteiger charge is -2.18. The van der Waals surface area contributed by atoms with E-state index in [0.29, 0.717) is 12.8 Å². The van der Waals surface area contributed by atoms with Crippen LogP contribution in [0.4, 0.5) is 5.69 Å². The molecule has 0 atom stereocenters. The number of esters is 1. The Morgan fingerprint density at radius 1 is 0.941 bits per heavy atom. The standard InChI is InChI=1S/C30H33NO3/c1-21(2)13-16-25-19-22(15-18-29(33)34-30(3,4)5)14-17-27(25)31-28(32)20-24-11-8-10-23-9-6-7-12-26(23)24/h6-15,17-19H,16,20H2,1-5H3,(H,31,32)/b18-15+. The maximum Gasteiger partial charge on any atom is 0.331 e. The van der Waals surface area contributed by atoms with Crippen LogP contribution in [0.5, 0.6) is 0 Å². The predicted molar refractivity (Wildman–Crippen MR) is 141 cm³/mol. The molecular formula is C30H33NO3. The third-order valence-corrected chi connectivity index (χ3v) is 5.18. The number of carbonyl (C=O) groups excluding carboxylic acids is 2. The fourth-order valence-corrected chi connectivity index (χ4v) is 3.64. The van der Waals surface area contributed by atoms with Crippen LogP contribution in [0, 0.1) is 0 Å². The van der Waals surface area contributed by atoms with E-state index in [-0.39, 0.29) is 11.9 Å². The van der Waals surface area contributed by atoms with Gasteiger partial charge in [0.05, 0.1) is 6.42 Å². The normalized spacial score (nSPS) is 11.4. The number of hydrogen-bond acceptors (Lipinski definition) is 3. The molecule has 0 aliphatic carbocycles. The summed E-state index contributed by atoms with van der Waals surface area (Å²) in [6.45, 7) is 9.61. The molecule has 3 aromatic carbocycles. The molecule has 0 fully saturated rings. The molecule has 0 radical (unpaired) electrons. The number of ether oxygens (including phenoxy) is 1. The van der Waals surface area contributed by atoms with E-state index in [4.69, 9.17) is 4.74 Å². The second-order valence-corrected chi connectivity index (χ2v) is 9.63. The van der Waals surface area contributed by atoms with Gasteiger partial charge in [0.1, 0.15) is 5.60 Å². The summed E-state index contributed by atoms with van der Waals surface area (Å²) in [5.41, 5.74) is 4.29. The lowest BCUT2D eigenvalue weighted by atomic mass is 10.0. The van der Waals surface area contributed by atoms with Gasteiger partial charge in [-0.05, 0) is 86.7 Å². The minimum absolute atomic E-state index is 0.0631. The highest BCUT2D eigenvalue weighted by atomic mass is 16.6. The molecular weight excluding hydrogens is 422 g/mol. The Kier molecular flexibility index (Phi) is 8.06. The van der Waals surface area contributed by atoms with E-state index in [0.717, 1.165) is 33.2 Å². The molecule has 4 heteroatoms. The van der Waals surface area contributed by atoms with E-state index in [9.17, 15) is 9.59 Å². The molecule has 0 bridgehead atoms. The lowest BCUT2D eigenvalue weighted by Crippen LogP contribution is -2.22. The summed E-state index contributed by atoms with van der Waals surface area (Å²) in [7, 11) is 0. The minimum atomic E-state index is -0.533. The molecule has 1 amide bonds. The van der Waals surface area contributed by atoms with E-state index in [1.807, 2.05) is 83.1 Å². The molecule has 0 saturated heterocycles. The van der Waals surface area contributed by atoms with Crippen LogP contribution >= 0.6 is 0 Å². The van der Waals surface area contributed by atoms with Crippen molar-refractivity contribution >= 4 is 34.4 Å². The molecule has 176 valence electrons. The Morgan fingerprint density at radius 2 is 1.68 bits per heavy atom. The van der Waals surface area contributed by atoms with Crippen LogP contribution in [0.3, 0.4) is 0 Å². The number of benzene rings is 3. The van der Waals surface area contributed by atoms with Crippen LogP contribution in [-0.4, -0.2) is 17.5 Å². The summed E-state index contributed by atoms with van der Waals surface area (Å²) in [5.74, 6) is -0.447.